The molecule has 1 amide bonds. The van der Waals surface area contributed by atoms with E-state index >= 15 is 0 Å². The average molecular weight is 494 g/mol. The molecule has 0 bridgehead atoms. The van der Waals surface area contributed by atoms with Gasteiger partial charge in [0.2, 0.25) is 15.9 Å². The van der Waals surface area contributed by atoms with E-state index in [2.05, 4.69) is 5.32 Å². The SMILES string of the molecule is CC(C(=O)Nc1ccc(F)cc1Cl)N1CCN(S(=O)(=O)c2ccc(C(F)(F)F)cc2)CC1. The Morgan fingerprint density at radius 3 is 2.19 bits per heavy atom. The molecule has 0 spiro atoms. The Balaban J connectivity index is 1.61. The standard InChI is InChI=1S/C20H20ClF4N3O3S/c1-13(19(29)26-18-7-4-15(22)12-17(18)21)27-8-10-28(11-9-27)32(30,31)16-5-2-14(3-6-16)20(23,24)25/h2-7,12-13H,8-11H2,1H3,(H,26,29). The third kappa shape index (κ3) is 5.40. The molecule has 32 heavy (non-hydrogen) atoms. The summed E-state index contributed by atoms with van der Waals surface area (Å²) in [6.07, 6.45) is -4.55. The highest BCUT2D eigenvalue weighted by Gasteiger charge is 2.34. The molecule has 1 heterocycles. The molecule has 3 rings (SSSR count). The van der Waals surface area contributed by atoms with Crippen LogP contribution in [0.1, 0.15) is 12.5 Å². The highest BCUT2D eigenvalue weighted by molar-refractivity contribution is 7.89. The van der Waals surface area contributed by atoms with Crippen LogP contribution in [-0.2, 0) is 21.0 Å². The summed E-state index contributed by atoms with van der Waals surface area (Å²) in [5, 5.41) is 2.67. The summed E-state index contributed by atoms with van der Waals surface area (Å²) in [7, 11) is -3.97. The first-order valence-electron chi connectivity index (χ1n) is 9.57. The Morgan fingerprint density at radius 2 is 1.66 bits per heavy atom. The van der Waals surface area contributed by atoms with E-state index in [4.69, 9.17) is 11.6 Å². The number of hydrogen-bond donors (Lipinski definition) is 1. The smallest absolute Gasteiger partial charge is 0.323 e. The molecule has 0 radical (unpaired) electrons. The third-order valence-corrected chi connectivity index (χ3v) is 7.43. The lowest BCUT2D eigenvalue weighted by Crippen LogP contribution is -2.53. The number of nitrogens with one attached hydrogen (secondary N) is 1. The van der Waals surface area contributed by atoms with Crippen LogP contribution in [-0.4, -0.2) is 55.8 Å². The van der Waals surface area contributed by atoms with Crippen LogP contribution >= 0.6 is 11.6 Å². The van der Waals surface area contributed by atoms with E-state index in [0.29, 0.717) is 0 Å². The molecule has 1 N–H and O–H groups in total. The van der Waals surface area contributed by atoms with Gasteiger partial charge in [-0.15, -0.1) is 0 Å². The predicted molar refractivity (Wildman–Crippen MR) is 111 cm³/mol. The van der Waals surface area contributed by atoms with Crippen molar-refractivity contribution in [1.82, 2.24) is 9.21 Å². The van der Waals surface area contributed by atoms with E-state index in [1.54, 1.807) is 11.8 Å². The second-order valence-electron chi connectivity index (χ2n) is 7.25. The Hall–Kier alpha value is -2.21. The summed E-state index contributed by atoms with van der Waals surface area (Å²) < 4.78 is 78.0. The number of hydrogen-bond acceptors (Lipinski definition) is 4. The quantitative estimate of drug-likeness (QED) is 0.643. The molecule has 6 nitrogen and oxygen atoms in total. The number of amides is 1. The highest BCUT2D eigenvalue weighted by atomic mass is 35.5. The van der Waals surface area contributed by atoms with Crippen molar-refractivity contribution in [2.75, 3.05) is 31.5 Å². The molecule has 1 aliphatic heterocycles. The minimum Gasteiger partial charge on any atom is -0.323 e. The average Bonchev–Trinajstić information content (AvgIpc) is 2.74. The molecule has 174 valence electrons. The predicted octanol–water partition coefficient (Wildman–Crippen LogP) is 3.83. The van der Waals surface area contributed by atoms with Crippen molar-refractivity contribution in [3.8, 4) is 0 Å². The second kappa shape index (κ2) is 9.34. The first-order chi connectivity index (χ1) is 14.9. The zero-order valence-corrected chi connectivity index (χ0v) is 18.4. The van der Waals surface area contributed by atoms with Crippen LogP contribution in [0.4, 0.5) is 23.2 Å². The molecule has 1 fully saturated rings. The van der Waals surface area contributed by atoms with Gasteiger partial charge in [0.25, 0.3) is 0 Å². The van der Waals surface area contributed by atoms with Gasteiger partial charge in [0.05, 0.1) is 27.2 Å². The zero-order valence-electron chi connectivity index (χ0n) is 16.9. The maximum Gasteiger partial charge on any atom is 0.416 e. The molecule has 0 aromatic heterocycles. The molecule has 12 heteroatoms. The summed E-state index contributed by atoms with van der Waals surface area (Å²) in [6.45, 7) is 2.26. The van der Waals surface area contributed by atoms with Gasteiger partial charge in [-0.05, 0) is 49.4 Å². The fraction of sp³-hybridized carbons (Fsp3) is 0.350. The number of alkyl halides is 3. The van der Waals surface area contributed by atoms with Gasteiger partial charge < -0.3 is 5.32 Å². The van der Waals surface area contributed by atoms with Gasteiger partial charge in [0.15, 0.2) is 0 Å². The first-order valence-corrected chi connectivity index (χ1v) is 11.4. The maximum absolute atomic E-state index is 13.2. The minimum absolute atomic E-state index is 0.0537. The van der Waals surface area contributed by atoms with E-state index < -0.39 is 39.5 Å². The first kappa shape index (κ1) is 24.4. The molecule has 1 unspecified atom stereocenters. The molecule has 0 saturated carbocycles. The normalized spacial score (nSPS) is 17.2. The van der Waals surface area contributed by atoms with E-state index in [1.165, 1.54) is 10.4 Å². The van der Waals surface area contributed by atoms with Gasteiger partial charge in [-0.3, -0.25) is 9.69 Å². The number of rotatable bonds is 5. The van der Waals surface area contributed by atoms with Crippen molar-refractivity contribution >= 4 is 33.2 Å². The van der Waals surface area contributed by atoms with Gasteiger partial charge in [-0.2, -0.15) is 17.5 Å². The van der Waals surface area contributed by atoms with Crippen LogP contribution < -0.4 is 5.32 Å². The number of piperazine rings is 1. The summed E-state index contributed by atoms with van der Waals surface area (Å²) in [5.74, 6) is -0.927. The Kier molecular flexibility index (Phi) is 7.13. The zero-order chi connectivity index (χ0) is 23.7. The minimum atomic E-state index is -4.55. The van der Waals surface area contributed by atoms with Gasteiger partial charge in [0.1, 0.15) is 5.82 Å². The Morgan fingerprint density at radius 1 is 1.06 bits per heavy atom. The lowest BCUT2D eigenvalue weighted by molar-refractivity contribution is -0.137. The van der Waals surface area contributed by atoms with E-state index in [9.17, 15) is 30.8 Å². The van der Waals surface area contributed by atoms with Gasteiger partial charge >= 0.3 is 6.18 Å². The molecule has 1 atom stereocenters. The van der Waals surface area contributed by atoms with Crippen LogP contribution in [0.25, 0.3) is 0 Å². The lowest BCUT2D eigenvalue weighted by Gasteiger charge is -2.36. The molecule has 1 aliphatic rings. The molecule has 1 saturated heterocycles. The van der Waals surface area contributed by atoms with Crippen LogP contribution in [0.5, 0.6) is 0 Å². The van der Waals surface area contributed by atoms with Crippen molar-refractivity contribution in [1.29, 1.82) is 0 Å². The summed E-state index contributed by atoms with van der Waals surface area (Å²) in [6, 6.07) is 6.31. The van der Waals surface area contributed by atoms with Gasteiger partial charge in [0, 0.05) is 26.2 Å². The monoisotopic (exact) mass is 493 g/mol. The number of anilines is 1. The Bertz CT molecular complexity index is 1090. The molecular formula is C20H20ClF4N3O3S. The van der Waals surface area contributed by atoms with Crippen molar-refractivity contribution in [3.05, 3.63) is 58.9 Å². The van der Waals surface area contributed by atoms with E-state index in [0.717, 1.165) is 36.4 Å². The lowest BCUT2D eigenvalue weighted by atomic mass is 10.2. The van der Waals surface area contributed by atoms with E-state index in [-0.39, 0.29) is 41.8 Å². The topological polar surface area (TPSA) is 69.7 Å². The van der Waals surface area contributed by atoms with Crippen LogP contribution in [0.2, 0.25) is 5.02 Å². The number of halogens is 5. The summed E-state index contributed by atoms with van der Waals surface area (Å²) in [5.41, 5.74) is -0.671. The summed E-state index contributed by atoms with van der Waals surface area (Å²) in [4.78, 5) is 14.1. The van der Waals surface area contributed by atoms with Gasteiger partial charge in [-0.25, -0.2) is 12.8 Å². The fourth-order valence-corrected chi connectivity index (χ4v) is 4.93. The molecule has 2 aromatic rings. The molecule has 2 aromatic carbocycles. The van der Waals surface area contributed by atoms with Gasteiger partial charge in [-0.1, -0.05) is 11.6 Å². The number of carbonyl (C=O) groups excluding carboxylic acids is 1. The number of nitrogens with zero attached hydrogens (tertiary/aromatic N) is 2. The van der Waals surface area contributed by atoms with Crippen LogP contribution in [0, 0.1) is 5.82 Å². The third-order valence-electron chi connectivity index (χ3n) is 5.21. The van der Waals surface area contributed by atoms with Crippen molar-refractivity contribution in [3.63, 3.8) is 0 Å². The highest BCUT2D eigenvalue weighted by Crippen LogP contribution is 2.30. The second-order valence-corrected chi connectivity index (χ2v) is 9.60. The largest absolute Gasteiger partial charge is 0.416 e. The Labute approximate surface area is 187 Å². The summed E-state index contributed by atoms with van der Waals surface area (Å²) >= 11 is 5.92. The van der Waals surface area contributed by atoms with Crippen molar-refractivity contribution < 1.29 is 30.8 Å². The number of benzene rings is 2. The number of carbonyl (C=O) groups is 1. The van der Waals surface area contributed by atoms with Crippen molar-refractivity contribution in [2.45, 2.75) is 24.0 Å². The van der Waals surface area contributed by atoms with Crippen LogP contribution in [0.3, 0.4) is 0 Å². The maximum atomic E-state index is 13.2. The number of sulfonamides is 1. The van der Waals surface area contributed by atoms with E-state index in [1.807, 2.05) is 0 Å². The molecular weight excluding hydrogens is 474 g/mol. The fourth-order valence-electron chi connectivity index (χ4n) is 3.29. The molecule has 0 aliphatic carbocycles. The van der Waals surface area contributed by atoms with Crippen LogP contribution in [0.15, 0.2) is 47.4 Å². The van der Waals surface area contributed by atoms with Crippen molar-refractivity contribution in [2.24, 2.45) is 0 Å².